The number of likely N-dealkylation sites (N-methyl/N-ethyl adjacent to an activating group) is 1. The summed E-state index contributed by atoms with van der Waals surface area (Å²) in [5.41, 5.74) is 3.04. The monoisotopic (exact) mass is 161 g/mol. The van der Waals surface area contributed by atoms with Crippen molar-refractivity contribution in [2.45, 2.75) is 19.4 Å². The van der Waals surface area contributed by atoms with Crippen molar-refractivity contribution in [1.29, 1.82) is 0 Å². The Morgan fingerprint density at radius 3 is 2.92 bits per heavy atom. The Morgan fingerprint density at radius 2 is 2.08 bits per heavy atom. The highest BCUT2D eigenvalue weighted by Gasteiger charge is 2.18. The molecule has 1 atom stereocenters. The predicted molar refractivity (Wildman–Crippen MR) is 51.2 cm³/mol. The van der Waals surface area contributed by atoms with Crippen LogP contribution < -0.4 is 0 Å². The molecule has 0 unspecified atom stereocenters. The molecule has 1 aliphatic rings. The molecule has 0 N–H and O–H groups in total. The SMILES string of the molecule is C[C@@H]1CN(C)Cc2ccccc21. The van der Waals surface area contributed by atoms with E-state index in [1.165, 1.54) is 17.7 Å². The highest BCUT2D eigenvalue weighted by Crippen LogP contribution is 2.26. The second-order valence-corrected chi connectivity index (χ2v) is 3.80. The van der Waals surface area contributed by atoms with Crippen LogP contribution in [0.1, 0.15) is 24.0 Å². The summed E-state index contributed by atoms with van der Waals surface area (Å²) < 4.78 is 0. The number of fused-ring (bicyclic) bond motifs is 1. The van der Waals surface area contributed by atoms with Crippen LogP contribution in [0.25, 0.3) is 0 Å². The highest BCUT2D eigenvalue weighted by molar-refractivity contribution is 5.32. The second-order valence-electron chi connectivity index (χ2n) is 3.80. The summed E-state index contributed by atoms with van der Waals surface area (Å²) in [4.78, 5) is 2.38. The first kappa shape index (κ1) is 7.81. The zero-order chi connectivity index (χ0) is 8.55. The molecule has 0 saturated carbocycles. The largest absolute Gasteiger partial charge is 0.302 e. The smallest absolute Gasteiger partial charge is 0.0233 e. The fraction of sp³-hybridized carbons (Fsp3) is 0.455. The lowest BCUT2D eigenvalue weighted by Crippen LogP contribution is -2.28. The van der Waals surface area contributed by atoms with Gasteiger partial charge in [-0.1, -0.05) is 31.2 Å². The predicted octanol–water partition coefficient (Wildman–Crippen LogP) is 2.24. The molecule has 0 amide bonds. The van der Waals surface area contributed by atoms with Crippen LogP contribution in [0.15, 0.2) is 24.3 Å². The number of rotatable bonds is 0. The minimum Gasteiger partial charge on any atom is -0.302 e. The Kier molecular flexibility index (Phi) is 1.89. The van der Waals surface area contributed by atoms with Gasteiger partial charge in [-0.15, -0.1) is 0 Å². The molecule has 0 aliphatic carbocycles. The zero-order valence-corrected chi connectivity index (χ0v) is 7.75. The van der Waals surface area contributed by atoms with Gasteiger partial charge in [0.1, 0.15) is 0 Å². The number of nitrogens with zero attached hydrogens (tertiary/aromatic N) is 1. The minimum absolute atomic E-state index is 0.694. The number of benzene rings is 1. The Balaban J connectivity index is 2.40. The molecule has 1 heterocycles. The molecule has 1 aromatic carbocycles. The van der Waals surface area contributed by atoms with Gasteiger partial charge in [-0.3, -0.25) is 0 Å². The molecule has 2 rings (SSSR count). The second kappa shape index (κ2) is 2.91. The van der Waals surface area contributed by atoms with Crippen molar-refractivity contribution >= 4 is 0 Å². The standard InChI is InChI=1S/C11H15N/c1-9-7-12(2)8-10-5-3-4-6-11(9)10/h3-6,9H,7-8H2,1-2H3/t9-/m1/s1. The lowest BCUT2D eigenvalue weighted by molar-refractivity contribution is 0.288. The summed E-state index contributed by atoms with van der Waals surface area (Å²) in [5, 5.41) is 0. The third kappa shape index (κ3) is 1.25. The van der Waals surface area contributed by atoms with E-state index >= 15 is 0 Å². The normalized spacial score (nSPS) is 23.7. The van der Waals surface area contributed by atoms with Crippen LogP contribution in [0.4, 0.5) is 0 Å². The van der Waals surface area contributed by atoms with E-state index < -0.39 is 0 Å². The first-order chi connectivity index (χ1) is 5.77. The van der Waals surface area contributed by atoms with Crippen LogP contribution in [0.5, 0.6) is 0 Å². The maximum atomic E-state index is 2.38. The van der Waals surface area contributed by atoms with Gasteiger partial charge in [0.05, 0.1) is 0 Å². The molecule has 1 nitrogen and oxygen atoms in total. The molecule has 12 heavy (non-hydrogen) atoms. The first-order valence-corrected chi connectivity index (χ1v) is 4.53. The van der Waals surface area contributed by atoms with Gasteiger partial charge in [0.25, 0.3) is 0 Å². The fourth-order valence-corrected chi connectivity index (χ4v) is 2.08. The molecule has 0 fully saturated rings. The first-order valence-electron chi connectivity index (χ1n) is 4.53. The Bertz CT molecular complexity index is 280. The molecule has 0 bridgehead atoms. The number of hydrogen-bond acceptors (Lipinski definition) is 1. The summed E-state index contributed by atoms with van der Waals surface area (Å²) in [6.07, 6.45) is 0. The minimum atomic E-state index is 0.694. The van der Waals surface area contributed by atoms with Gasteiger partial charge in [-0.25, -0.2) is 0 Å². The molecule has 64 valence electrons. The summed E-state index contributed by atoms with van der Waals surface area (Å²) >= 11 is 0. The van der Waals surface area contributed by atoms with Gasteiger partial charge in [-0.2, -0.15) is 0 Å². The fourth-order valence-electron chi connectivity index (χ4n) is 2.08. The Labute approximate surface area is 74.0 Å². The molecular formula is C11H15N. The van der Waals surface area contributed by atoms with Gasteiger partial charge in [0.15, 0.2) is 0 Å². The Hall–Kier alpha value is -0.820. The quantitative estimate of drug-likeness (QED) is 0.564. The van der Waals surface area contributed by atoms with Crippen LogP contribution >= 0.6 is 0 Å². The molecular weight excluding hydrogens is 146 g/mol. The van der Waals surface area contributed by atoms with E-state index in [0.717, 1.165) is 6.54 Å². The molecule has 0 spiro atoms. The van der Waals surface area contributed by atoms with Gasteiger partial charge in [0.2, 0.25) is 0 Å². The van der Waals surface area contributed by atoms with E-state index in [9.17, 15) is 0 Å². The van der Waals surface area contributed by atoms with Crippen molar-refractivity contribution in [2.24, 2.45) is 0 Å². The zero-order valence-electron chi connectivity index (χ0n) is 7.75. The van der Waals surface area contributed by atoms with E-state index in [1.807, 2.05) is 0 Å². The van der Waals surface area contributed by atoms with Crippen molar-refractivity contribution in [1.82, 2.24) is 4.90 Å². The van der Waals surface area contributed by atoms with Crippen molar-refractivity contribution in [3.8, 4) is 0 Å². The van der Waals surface area contributed by atoms with Crippen LogP contribution in [-0.4, -0.2) is 18.5 Å². The number of hydrogen-bond donors (Lipinski definition) is 0. The maximum absolute atomic E-state index is 2.38. The molecule has 1 heteroatoms. The maximum Gasteiger partial charge on any atom is 0.0233 e. The van der Waals surface area contributed by atoms with Crippen LogP contribution in [-0.2, 0) is 6.54 Å². The molecule has 0 radical (unpaired) electrons. The summed E-state index contributed by atoms with van der Waals surface area (Å²) in [7, 11) is 2.19. The van der Waals surface area contributed by atoms with Crippen molar-refractivity contribution in [2.75, 3.05) is 13.6 Å². The molecule has 1 aromatic rings. The molecule has 0 aromatic heterocycles. The lowest BCUT2D eigenvalue weighted by Gasteiger charge is -2.29. The average molecular weight is 161 g/mol. The molecule has 0 saturated heterocycles. The van der Waals surface area contributed by atoms with Crippen molar-refractivity contribution in [3.63, 3.8) is 0 Å². The third-order valence-corrected chi connectivity index (χ3v) is 2.61. The van der Waals surface area contributed by atoms with E-state index in [1.54, 1.807) is 0 Å². The topological polar surface area (TPSA) is 3.24 Å². The van der Waals surface area contributed by atoms with E-state index in [4.69, 9.17) is 0 Å². The van der Waals surface area contributed by atoms with Crippen LogP contribution in [0.3, 0.4) is 0 Å². The van der Waals surface area contributed by atoms with Crippen molar-refractivity contribution in [3.05, 3.63) is 35.4 Å². The summed E-state index contributed by atoms with van der Waals surface area (Å²) in [6.45, 7) is 4.60. The van der Waals surface area contributed by atoms with E-state index in [0.29, 0.717) is 5.92 Å². The highest BCUT2D eigenvalue weighted by atomic mass is 15.1. The Morgan fingerprint density at radius 1 is 1.33 bits per heavy atom. The van der Waals surface area contributed by atoms with Gasteiger partial charge in [-0.05, 0) is 24.1 Å². The van der Waals surface area contributed by atoms with Gasteiger partial charge < -0.3 is 4.90 Å². The third-order valence-electron chi connectivity index (χ3n) is 2.61. The van der Waals surface area contributed by atoms with E-state index in [-0.39, 0.29) is 0 Å². The summed E-state index contributed by atoms with van der Waals surface area (Å²) in [5.74, 6) is 0.694. The van der Waals surface area contributed by atoms with Gasteiger partial charge in [0, 0.05) is 13.1 Å². The van der Waals surface area contributed by atoms with Crippen LogP contribution in [0.2, 0.25) is 0 Å². The van der Waals surface area contributed by atoms with Crippen LogP contribution in [0, 0.1) is 0 Å². The average Bonchev–Trinajstić information content (AvgIpc) is 2.04. The lowest BCUT2D eigenvalue weighted by atomic mass is 9.92. The molecule has 1 aliphatic heterocycles. The summed E-state index contributed by atoms with van der Waals surface area (Å²) in [6, 6.07) is 8.76. The van der Waals surface area contributed by atoms with Gasteiger partial charge >= 0.3 is 0 Å². The van der Waals surface area contributed by atoms with Crippen molar-refractivity contribution < 1.29 is 0 Å². The van der Waals surface area contributed by atoms with E-state index in [2.05, 4.69) is 43.1 Å².